The lowest BCUT2D eigenvalue weighted by Gasteiger charge is -2.27. The van der Waals surface area contributed by atoms with Crippen LogP contribution in [-0.4, -0.2) is 42.6 Å². The minimum absolute atomic E-state index is 0.193. The maximum atomic E-state index is 11.5. The molecule has 0 N–H and O–H groups in total. The van der Waals surface area contributed by atoms with Gasteiger partial charge in [0, 0.05) is 11.8 Å². The van der Waals surface area contributed by atoms with Crippen LogP contribution in [0.4, 0.5) is 0 Å². The highest BCUT2D eigenvalue weighted by molar-refractivity contribution is 7.86. The van der Waals surface area contributed by atoms with E-state index in [-0.39, 0.29) is 19.1 Å². The fraction of sp³-hybridized carbons (Fsp3) is 0.368. The summed E-state index contributed by atoms with van der Waals surface area (Å²) < 4.78 is 56.0. The van der Waals surface area contributed by atoms with E-state index in [9.17, 15) is 16.8 Å². The minimum Gasteiger partial charge on any atom is -0.270 e. The third-order valence-corrected chi connectivity index (χ3v) is 5.19. The first-order chi connectivity index (χ1) is 12.6. The summed E-state index contributed by atoms with van der Waals surface area (Å²) in [4.78, 5) is 0. The molecular weight excluding hydrogens is 388 g/mol. The van der Waals surface area contributed by atoms with Crippen LogP contribution in [-0.2, 0) is 28.6 Å². The Morgan fingerprint density at radius 2 is 1.19 bits per heavy atom. The zero-order valence-corrected chi connectivity index (χ0v) is 17.2. The molecule has 0 bridgehead atoms. The molecule has 0 aromatic heterocycles. The molecule has 0 aliphatic rings. The van der Waals surface area contributed by atoms with Gasteiger partial charge in [-0.25, -0.2) is 0 Å². The van der Waals surface area contributed by atoms with Crippen LogP contribution in [0.15, 0.2) is 54.6 Å². The van der Waals surface area contributed by atoms with Gasteiger partial charge in [0.15, 0.2) is 0 Å². The van der Waals surface area contributed by atoms with E-state index in [0.29, 0.717) is 0 Å². The summed E-state index contributed by atoms with van der Waals surface area (Å²) in [5, 5.41) is 0. The van der Waals surface area contributed by atoms with Crippen molar-refractivity contribution in [2.75, 3.05) is 25.7 Å². The summed E-state index contributed by atoms with van der Waals surface area (Å²) in [5.41, 5.74) is 2.92. The Bertz CT molecular complexity index is 899. The first kappa shape index (κ1) is 21.6. The van der Waals surface area contributed by atoms with Crippen LogP contribution in [0.3, 0.4) is 0 Å². The van der Waals surface area contributed by atoms with Gasteiger partial charge in [0.1, 0.15) is 0 Å². The summed E-state index contributed by atoms with van der Waals surface area (Å²) in [6.07, 6.45) is 1.93. The van der Waals surface area contributed by atoms with Gasteiger partial charge in [-0.3, -0.25) is 8.37 Å². The van der Waals surface area contributed by atoms with E-state index < -0.39 is 26.2 Å². The Kier molecular flexibility index (Phi) is 7.16. The fourth-order valence-electron chi connectivity index (χ4n) is 2.83. The Labute approximate surface area is 161 Å². The van der Waals surface area contributed by atoms with Gasteiger partial charge < -0.3 is 0 Å². The predicted molar refractivity (Wildman–Crippen MR) is 105 cm³/mol. The van der Waals surface area contributed by atoms with Crippen LogP contribution in [0.25, 0.3) is 0 Å². The average molecular weight is 413 g/mol. The number of rotatable bonds is 9. The Balaban J connectivity index is 2.45. The second kappa shape index (κ2) is 8.97. The molecule has 0 saturated carbocycles. The number of hydrogen-bond donors (Lipinski definition) is 0. The van der Waals surface area contributed by atoms with E-state index in [1.165, 1.54) is 0 Å². The lowest BCUT2D eigenvalue weighted by Crippen LogP contribution is -2.27. The SMILES string of the molecule is Cc1ccc(C(c2ccccc2)C(COS(C)(=O)=O)COS(C)(=O)=O)cc1. The molecule has 0 amide bonds. The Hall–Kier alpha value is -1.74. The van der Waals surface area contributed by atoms with Crippen molar-refractivity contribution in [2.45, 2.75) is 12.8 Å². The molecule has 0 saturated heterocycles. The number of aryl methyl sites for hydroxylation is 1. The lowest BCUT2D eigenvalue weighted by atomic mass is 9.81. The molecule has 27 heavy (non-hydrogen) atoms. The van der Waals surface area contributed by atoms with Gasteiger partial charge in [-0.1, -0.05) is 60.2 Å². The van der Waals surface area contributed by atoms with Crippen molar-refractivity contribution in [3.63, 3.8) is 0 Å². The number of hydrogen-bond acceptors (Lipinski definition) is 6. The summed E-state index contributed by atoms with van der Waals surface area (Å²) >= 11 is 0. The summed E-state index contributed by atoms with van der Waals surface area (Å²) in [5.74, 6) is -0.824. The minimum atomic E-state index is -3.68. The summed E-state index contributed by atoms with van der Waals surface area (Å²) in [6.45, 7) is 1.59. The normalized spacial score (nSPS) is 13.6. The molecule has 2 aromatic carbocycles. The molecule has 2 aromatic rings. The van der Waals surface area contributed by atoms with E-state index in [0.717, 1.165) is 29.2 Å². The molecule has 148 valence electrons. The molecular formula is C19H24O6S2. The highest BCUT2D eigenvalue weighted by Gasteiger charge is 2.28. The van der Waals surface area contributed by atoms with Gasteiger partial charge in [-0.2, -0.15) is 16.8 Å². The van der Waals surface area contributed by atoms with Crippen LogP contribution in [0, 0.1) is 12.8 Å². The second-order valence-electron chi connectivity index (χ2n) is 6.54. The smallest absolute Gasteiger partial charge is 0.264 e. The second-order valence-corrected chi connectivity index (χ2v) is 9.82. The molecule has 0 aliphatic heterocycles. The first-order valence-corrected chi connectivity index (χ1v) is 12.0. The Morgan fingerprint density at radius 3 is 1.63 bits per heavy atom. The van der Waals surface area contributed by atoms with E-state index in [1.807, 2.05) is 61.5 Å². The van der Waals surface area contributed by atoms with Crippen LogP contribution in [0.1, 0.15) is 22.6 Å². The van der Waals surface area contributed by atoms with Crippen molar-refractivity contribution >= 4 is 20.2 Å². The highest BCUT2D eigenvalue weighted by atomic mass is 32.2. The molecule has 0 spiro atoms. The molecule has 0 aliphatic carbocycles. The molecule has 0 radical (unpaired) electrons. The van der Waals surface area contributed by atoms with Crippen molar-refractivity contribution in [1.29, 1.82) is 0 Å². The van der Waals surface area contributed by atoms with Crippen molar-refractivity contribution in [1.82, 2.24) is 0 Å². The van der Waals surface area contributed by atoms with Gasteiger partial charge in [-0.15, -0.1) is 0 Å². The van der Waals surface area contributed by atoms with Crippen molar-refractivity contribution in [2.24, 2.45) is 5.92 Å². The molecule has 8 heteroatoms. The van der Waals surface area contributed by atoms with Gasteiger partial charge in [0.2, 0.25) is 0 Å². The van der Waals surface area contributed by atoms with E-state index >= 15 is 0 Å². The van der Waals surface area contributed by atoms with E-state index in [4.69, 9.17) is 8.37 Å². The van der Waals surface area contributed by atoms with Crippen LogP contribution < -0.4 is 0 Å². The quantitative estimate of drug-likeness (QED) is 0.589. The summed E-state index contributed by atoms with van der Waals surface area (Å²) in [7, 11) is -7.37. The summed E-state index contributed by atoms with van der Waals surface area (Å²) in [6, 6.07) is 17.3. The third kappa shape index (κ3) is 7.42. The van der Waals surface area contributed by atoms with Gasteiger partial charge >= 0.3 is 0 Å². The number of benzene rings is 2. The van der Waals surface area contributed by atoms with Gasteiger partial charge in [0.25, 0.3) is 20.2 Å². The molecule has 6 nitrogen and oxygen atoms in total. The van der Waals surface area contributed by atoms with Crippen LogP contribution >= 0.6 is 0 Å². The van der Waals surface area contributed by atoms with Gasteiger partial charge in [-0.05, 0) is 18.1 Å². The average Bonchev–Trinajstić information content (AvgIpc) is 2.58. The predicted octanol–water partition coefficient (Wildman–Crippen LogP) is 2.70. The highest BCUT2D eigenvalue weighted by Crippen LogP contribution is 2.33. The molecule has 1 atom stereocenters. The van der Waals surface area contributed by atoms with Crippen molar-refractivity contribution in [3.05, 3.63) is 71.3 Å². The maximum absolute atomic E-state index is 11.5. The van der Waals surface area contributed by atoms with Crippen molar-refractivity contribution < 1.29 is 25.2 Å². The lowest BCUT2D eigenvalue weighted by molar-refractivity contribution is 0.173. The first-order valence-electron chi connectivity index (χ1n) is 8.35. The largest absolute Gasteiger partial charge is 0.270 e. The monoisotopic (exact) mass is 412 g/mol. The standard InChI is InChI=1S/C19H24O6S2/c1-15-9-11-17(12-10-15)19(16-7-5-4-6-8-16)18(13-24-26(2,20)21)14-25-27(3,22)23/h4-12,18-19H,13-14H2,1-3H3. The maximum Gasteiger partial charge on any atom is 0.264 e. The zero-order valence-electron chi connectivity index (χ0n) is 15.5. The zero-order chi connectivity index (χ0) is 20.1. The van der Waals surface area contributed by atoms with Gasteiger partial charge in [0.05, 0.1) is 25.7 Å². The molecule has 0 heterocycles. The molecule has 2 rings (SSSR count). The Morgan fingerprint density at radius 1 is 0.741 bits per heavy atom. The van der Waals surface area contributed by atoms with E-state index in [2.05, 4.69) is 0 Å². The van der Waals surface area contributed by atoms with Crippen LogP contribution in [0.5, 0.6) is 0 Å². The van der Waals surface area contributed by atoms with E-state index in [1.54, 1.807) is 0 Å². The van der Waals surface area contributed by atoms with Crippen molar-refractivity contribution in [3.8, 4) is 0 Å². The third-order valence-electron chi connectivity index (χ3n) is 4.06. The molecule has 0 fully saturated rings. The fourth-order valence-corrected chi connectivity index (χ4v) is 3.68. The topological polar surface area (TPSA) is 86.7 Å². The molecule has 1 unspecified atom stereocenters. The van der Waals surface area contributed by atoms with Crippen LogP contribution in [0.2, 0.25) is 0 Å².